The molecule has 0 saturated carbocycles. The molecule has 0 aliphatic carbocycles. The fourth-order valence-electron chi connectivity index (χ4n) is 1.58. The fraction of sp³-hybridized carbons (Fsp3) is 0.273. The van der Waals surface area contributed by atoms with E-state index in [0.717, 1.165) is 0 Å². The predicted molar refractivity (Wildman–Crippen MR) is 60.0 cm³/mol. The average Bonchev–Trinajstić information content (AvgIpc) is 2.75. The molecule has 1 heterocycles. The Balaban J connectivity index is 2.41. The van der Waals surface area contributed by atoms with Crippen molar-refractivity contribution in [1.82, 2.24) is 14.8 Å². The molecule has 2 N–H and O–H groups in total. The fourth-order valence-corrected chi connectivity index (χ4v) is 1.58. The zero-order valence-electron chi connectivity index (χ0n) is 10.2. The smallest absolute Gasteiger partial charge is 0.399 e. The maximum atomic E-state index is 12.7. The number of benzene rings is 1. The zero-order valence-corrected chi connectivity index (χ0v) is 10.2. The van der Waals surface area contributed by atoms with Crippen LogP contribution in [0.3, 0.4) is 0 Å². The van der Waals surface area contributed by atoms with Crippen molar-refractivity contribution in [2.45, 2.75) is 18.9 Å². The molecular formula is C11H8F6N4. The number of nitrogens with two attached hydrogens (primary N) is 1. The molecule has 0 bridgehead atoms. The number of alkyl halides is 6. The third kappa shape index (κ3) is 3.44. The highest BCUT2D eigenvalue weighted by Crippen LogP contribution is 2.32. The van der Waals surface area contributed by atoms with Crippen molar-refractivity contribution < 1.29 is 26.3 Å². The van der Waals surface area contributed by atoms with E-state index < -0.39 is 30.5 Å². The van der Waals surface area contributed by atoms with Gasteiger partial charge in [-0.15, -0.1) is 5.10 Å². The van der Waals surface area contributed by atoms with E-state index in [2.05, 4.69) is 10.1 Å². The molecule has 10 heteroatoms. The number of hydrogen-bond acceptors (Lipinski definition) is 3. The molecule has 0 fully saturated rings. The van der Waals surface area contributed by atoms with Gasteiger partial charge in [0.1, 0.15) is 0 Å². The van der Waals surface area contributed by atoms with E-state index in [9.17, 15) is 26.3 Å². The lowest BCUT2D eigenvalue weighted by Crippen LogP contribution is -2.16. The van der Waals surface area contributed by atoms with Crippen LogP contribution in [0.1, 0.15) is 17.2 Å². The Bertz CT molecular complexity index is 626. The molecule has 114 valence electrons. The molecule has 0 amide bonds. The molecule has 0 aliphatic heterocycles. The molecule has 4 nitrogen and oxygen atoms in total. The molecule has 1 aromatic carbocycles. The summed E-state index contributed by atoms with van der Waals surface area (Å²) in [6.45, 7) is -0.502. The first-order chi connectivity index (χ1) is 9.57. The monoisotopic (exact) mass is 310 g/mol. The minimum Gasteiger partial charge on any atom is -0.399 e. The number of nitrogen functional groups attached to an aromatic ring is 1. The summed E-state index contributed by atoms with van der Waals surface area (Å²) in [5.41, 5.74) is 6.11. The third-order valence-corrected chi connectivity index (χ3v) is 2.49. The van der Waals surface area contributed by atoms with Crippen molar-refractivity contribution in [3.05, 3.63) is 41.5 Å². The standard InChI is InChI=1S/C11H8F6N4/c12-10(13,14)8-19-9(11(15,16)17)21(20-8)5-6-1-3-7(18)4-2-6/h1-4H,5,18H2. The van der Waals surface area contributed by atoms with Gasteiger partial charge in [-0.2, -0.15) is 31.3 Å². The van der Waals surface area contributed by atoms with Crippen molar-refractivity contribution in [3.63, 3.8) is 0 Å². The van der Waals surface area contributed by atoms with Crippen LogP contribution < -0.4 is 5.73 Å². The first kappa shape index (κ1) is 15.1. The normalized spacial score (nSPS) is 12.7. The van der Waals surface area contributed by atoms with Gasteiger partial charge in [0, 0.05) is 5.69 Å². The highest BCUT2D eigenvalue weighted by Gasteiger charge is 2.43. The molecule has 21 heavy (non-hydrogen) atoms. The summed E-state index contributed by atoms with van der Waals surface area (Å²) < 4.78 is 75.6. The molecule has 2 aromatic rings. The van der Waals surface area contributed by atoms with Gasteiger partial charge in [-0.1, -0.05) is 12.1 Å². The summed E-state index contributed by atoms with van der Waals surface area (Å²) in [5, 5.41) is 2.89. The van der Waals surface area contributed by atoms with Gasteiger partial charge in [-0.3, -0.25) is 0 Å². The van der Waals surface area contributed by atoms with E-state index >= 15 is 0 Å². The molecule has 2 rings (SSSR count). The van der Waals surface area contributed by atoms with E-state index in [0.29, 0.717) is 11.3 Å². The average molecular weight is 310 g/mol. The summed E-state index contributed by atoms with van der Waals surface area (Å²) >= 11 is 0. The van der Waals surface area contributed by atoms with Crippen molar-refractivity contribution in [2.24, 2.45) is 0 Å². The van der Waals surface area contributed by atoms with Gasteiger partial charge in [0.25, 0.3) is 5.82 Å². The van der Waals surface area contributed by atoms with Crippen LogP contribution in [0.4, 0.5) is 32.0 Å². The largest absolute Gasteiger partial charge is 0.453 e. The van der Waals surface area contributed by atoms with Gasteiger partial charge in [0.2, 0.25) is 5.82 Å². The van der Waals surface area contributed by atoms with Crippen LogP contribution in [0.5, 0.6) is 0 Å². The van der Waals surface area contributed by atoms with Crippen LogP contribution in [0.15, 0.2) is 24.3 Å². The van der Waals surface area contributed by atoms with Crippen molar-refractivity contribution >= 4 is 5.69 Å². The first-order valence-electron chi connectivity index (χ1n) is 5.51. The van der Waals surface area contributed by atoms with E-state index in [1.165, 1.54) is 24.3 Å². The van der Waals surface area contributed by atoms with Gasteiger partial charge in [-0.25, -0.2) is 4.68 Å². The quantitative estimate of drug-likeness (QED) is 0.685. The first-order valence-corrected chi connectivity index (χ1v) is 5.51. The number of nitrogens with zero attached hydrogens (tertiary/aromatic N) is 3. The van der Waals surface area contributed by atoms with Gasteiger partial charge < -0.3 is 5.73 Å². The van der Waals surface area contributed by atoms with Crippen LogP contribution in [-0.2, 0) is 18.9 Å². The van der Waals surface area contributed by atoms with E-state index in [-0.39, 0.29) is 4.68 Å². The minimum atomic E-state index is -5.05. The Morgan fingerprint density at radius 3 is 2.00 bits per heavy atom. The minimum absolute atomic E-state index is 0.175. The Hall–Kier alpha value is -2.26. The second-order valence-corrected chi connectivity index (χ2v) is 4.15. The molecule has 0 atom stereocenters. The van der Waals surface area contributed by atoms with Gasteiger partial charge >= 0.3 is 12.4 Å². The predicted octanol–water partition coefficient (Wildman–Crippen LogP) is 2.95. The second kappa shape index (κ2) is 4.93. The van der Waals surface area contributed by atoms with Crippen molar-refractivity contribution in [2.75, 3.05) is 5.73 Å². The third-order valence-electron chi connectivity index (χ3n) is 2.49. The number of anilines is 1. The molecule has 1 aromatic heterocycles. The van der Waals surface area contributed by atoms with Crippen LogP contribution >= 0.6 is 0 Å². The molecule has 0 saturated heterocycles. The summed E-state index contributed by atoms with van der Waals surface area (Å²) in [5.74, 6) is -3.53. The maximum Gasteiger partial charge on any atom is 0.453 e. The van der Waals surface area contributed by atoms with Crippen LogP contribution in [0, 0.1) is 0 Å². The second-order valence-electron chi connectivity index (χ2n) is 4.15. The topological polar surface area (TPSA) is 56.7 Å². The Morgan fingerprint density at radius 1 is 0.952 bits per heavy atom. The number of aromatic nitrogens is 3. The SMILES string of the molecule is Nc1ccc(Cn2nc(C(F)(F)F)nc2C(F)(F)F)cc1. The number of rotatable bonds is 2. The van der Waals surface area contributed by atoms with Gasteiger partial charge in [0.15, 0.2) is 0 Å². The number of hydrogen-bond donors (Lipinski definition) is 1. The van der Waals surface area contributed by atoms with E-state index in [4.69, 9.17) is 5.73 Å². The van der Waals surface area contributed by atoms with Crippen LogP contribution in [-0.4, -0.2) is 14.8 Å². The lowest BCUT2D eigenvalue weighted by Gasteiger charge is -2.08. The molecule has 0 spiro atoms. The zero-order chi connectivity index (χ0) is 15.8. The molecular weight excluding hydrogens is 302 g/mol. The van der Waals surface area contributed by atoms with Crippen LogP contribution in [0.25, 0.3) is 0 Å². The van der Waals surface area contributed by atoms with Gasteiger partial charge in [0.05, 0.1) is 6.54 Å². The van der Waals surface area contributed by atoms with E-state index in [1.54, 1.807) is 0 Å². The van der Waals surface area contributed by atoms with Crippen molar-refractivity contribution in [3.8, 4) is 0 Å². The summed E-state index contributed by atoms with van der Waals surface area (Å²) in [6.07, 6.45) is -10.1. The Morgan fingerprint density at radius 2 is 1.52 bits per heavy atom. The Kier molecular flexibility index (Phi) is 3.56. The molecule has 0 radical (unpaired) electrons. The summed E-state index contributed by atoms with van der Waals surface area (Å²) in [6, 6.07) is 5.63. The van der Waals surface area contributed by atoms with Gasteiger partial charge in [-0.05, 0) is 17.7 Å². The van der Waals surface area contributed by atoms with E-state index in [1.807, 2.05) is 0 Å². The summed E-state index contributed by atoms with van der Waals surface area (Å²) in [7, 11) is 0. The molecule has 0 aliphatic rings. The highest BCUT2D eigenvalue weighted by molar-refractivity contribution is 5.39. The van der Waals surface area contributed by atoms with Crippen LogP contribution in [0.2, 0.25) is 0 Å². The summed E-state index contributed by atoms with van der Waals surface area (Å²) in [4.78, 5) is 2.54. The lowest BCUT2D eigenvalue weighted by molar-refractivity contribution is -0.150. The lowest BCUT2D eigenvalue weighted by atomic mass is 10.2. The highest BCUT2D eigenvalue weighted by atomic mass is 19.4. The Labute approximate surface area is 114 Å². The van der Waals surface area contributed by atoms with Crippen molar-refractivity contribution in [1.29, 1.82) is 0 Å². The maximum absolute atomic E-state index is 12.7. The number of halogens is 6. The molecule has 0 unspecified atom stereocenters.